The number of esters is 3. The highest BCUT2D eigenvalue weighted by molar-refractivity contribution is 5.89. The van der Waals surface area contributed by atoms with Gasteiger partial charge in [-0.05, 0) is 70.2 Å². The van der Waals surface area contributed by atoms with E-state index in [2.05, 4.69) is 0 Å². The summed E-state index contributed by atoms with van der Waals surface area (Å²) < 4.78 is 24.9. The first-order valence-corrected chi connectivity index (χ1v) is 14.1. The van der Waals surface area contributed by atoms with Gasteiger partial charge in [-0.3, -0.25) is 4.79 Å². The molecule has 5 rings (SSSR count). The van der Waals surface area contributed by atoms with Gasteiger partial charge in [-0.15, -0.1) is 0 Å². The van der Waals surface area contributed by atoms with Crippen molar-refractivity contribution in [3.8, 4) is 0 Å². The van der Waals surface area contributed by atoms with Gasteiger partial charge in [-0.1, -0.05) is 48.5 Å². The van der Waals surface area contributed by atoms with E-state index in [0.717, 1.165) is 5.56 Å². The molecule has 8 nitrogen and oxygen atoms in total. The molecule has 0 aromatic heterocycles. The summed E-state index contributed by atoms with van der Waals surface area (Å²) in [5.74, 6) is -1.81. The first-order chi connectivity index (χ1) is 19.3. The smallest absolute Gasteiger partial charge is 0.338 e. The zero-order valence-electron chi connectivity index (χ0n) is 24.2. The minimum Gasteiger partial charge on any atom is -0.458 e. The highest BCUT2D eigenvalue weighted by Crippen LogP contribution is 2.68. The predicted molar refractivity (Wildman–Crippen MR) is 151 cm³/mol. The number of rotatable bonds is 6. The maximum Gasteiger partial charge on any atom is 0.338 e. The fraction of sp³-hybridized carbons (Fsp3) is 0.485. The maximum atomic E-state index is 13.5. The van der Waals surface area contributed by atoms with E-state index in [-0.39, 0.29) is 12.3 Å². The Morgan fingerprint density at radius 3 is 2.17 bits per heavy atom. The number of ether oxygens (including phenoxy) is 4. The van der Waals surface area contributed by atoms with Gasteiger partial charge in [-0.25, -0.2) is 9.59 Å². The van der Waals surface area contributed by atoms with Gasteiger partial charge >= 0.3 is 17.9 Å². The summed E-state index contributed by atoms with van der Waals surface area (Å²) in [5.41, 5.74) is -3.54. The summed E-state index contributed by atoms with van der Waals surface area (Å²) >= 11 is 0. The van der Waals surface area contributed by atoms with E-state index in [1.165, 1.54) is 13.0 Å². The van der Waals surface area contributed by atoms with E-state index in [1.54, 1.807) is 43.3 Å². The molecular weight excluding hydrogens is 524 g/mol. The predicted octanol–water partition coefficient (Wildman–Crippen LogP) is 4.89. The van der Waals surface area contributed by atoms with E-state index in [9.17, 15) is 19.5 Å². The standard InChI is InChI=1S/C33H38O8/c1-21(34)38-25-20-31(4,37)33-19-24(30(2,3)41-33)18-26(39-27(35)17-16-22-12-8-6-9-13-22)32(33,5)28(25)40-29(36)23-14-10-7-11-15-23/h6-17,24-26,28,37H,18-20H2,1-5H3/b17-16+/t24-,25+,26-,28-,31-,32+,33-/m0/s1. The molecule has 218 valence electrons. The average molecular weight is 563 g/mol. The molecular formula is C33H38O8. The minimum atomic E-state index is -1.51. The highest BCUT2D eigenvalue weighted by Gasteiger charge is 2.79. The monoisotopic (exact) mass is 562 g/mol. The number of carbonyl (C=O) groups is 3. The molecule has 0 unspecified atom stereocenters. The lowest BCUT2D eigenvalue weighted by Crippen LogP contribution is -2.77. The van der Waals surface area contributed by atoms with Crippen molar-refractivity contribution in [1.29, 1.82) is 0 Å². The molecule has 1 N–H and O–H groups in total. The molecule has 0 radical (unpaired) electrons. The quantitative estimate of drug-likeness (QED) is 0.301. The van der Waals surface area contributed by atoms with E-state index in [0.29, 0.717) is 18.4 Å². The zero-order valence-corrected chi connectivity index (χ0v) is 24.2. The molecule has 8 heteroatoms. The molecule has 3 aliphatic rings. The third-order valence-electron chi connectivity index (χ3n) is 9.42. The van der Waals surface area contributed by atoms with Gasteiger partial charge < -0.3 is 24.1 Å². The van der Waals surface area contributed by atoms with Gasteiger partial charge in [0.1, 0.15) is 17.8 Å². The first-order valence-electron chi connectivity index (χ1n) is 14.1. The van der Waals surface area contributed by atoms with Crippen molar-refractivity contribution in [3.05, 3.63) is 77.9 Å². The number of benzene rings is 2. The molecule has 2 saturated carbocycles. The molecule has 0 amide bonds. The van der Waals surface area contributed by atoms with Crippen LogP contribution >= 0.6 is 0 Å². The Bertz CT molecular complexity index is 1330. The molecule has 1 aliphatic heterocycles. The van der Waals surface area contributed by atoms with Gasteiger partial charge in [0.25, 0.3) is 0 Å². The van der Waals surface area contributed by atoms with Crippen LogP contribution in [-0.4, -0.2) is 58.1 Å². The first kappa shape index (κ1) is 29.0. The fourth-order valence-corrected chi connectivity index (χ4v) is 7.35. The van der Waals surface area contributed by atoms with Gasteiger partial charge in [0.2, 0.25) is 0 Å². The molecule has 1 heterocycles. The normalized spacial score (nSPS) is 35.4. The number of hydrogen-bond donors (Lipinski definition) is 1. The van der Waals surface area contributed by atoms with Gasteiger partial charge in [0.05, 0.1) is 22.2 Å². The lowest BCUT2D eigenvalue weighted by Gasteiger charge is -2.63. The Balaban J connectivity index is 1.58. The molecule has 1 saturated heterocycles. The second-order valence-electron chi connectivity index (χ2n) is 12.4. The number of hydrogen-bond acceptors (Lipinski definition) is 8. The van der Waals surface area contributed by atoms with Crippen LogP contribution in [0, 0.1) is 11.3 Å². The van der Waals surface area contributed by atoms with Crippen LogP contribution in [0.3, 0.4) is 0 Å². The van der Waals surface area contributed by atoms with Gasteiger partial charge in [-0.2, -0.15) is 0 Å². The lowest BCUT2D eigenvalue weighted by molar-refractivity contribution is -0.323. The topological polar surface area (TPSA) is 108 Å². The van der Waals surface area contributed by atoms with Crippen LogP contribution in [-0.2, 0) is 28.5 Å². The van der Waals surface area contributed by atoms with Crippen molar-refractivity contribution in [1.82, 2.24) is 0 Å². The van der Waals surface area contributed by atoms with Crippen LogP contribution in [0.4, 0.5) is 0 Å². The second kappa shape index (κ2) is 10.4. The SMILES string of the molecule is CC(=O)O[C@@H]1C[C@](C)(O)[C@@]23C[C@H](C[C@H](OC(=O)/C=C/c4ccccc4)[C@]2(C)[C@H]1OC(=O)c1ccccc1)C(C)(C)O3. The van der Waals surface area contributed by atoms with E-state index in [4.69, 9.17) is 18.9 Å². The minimum absolute atomic E-state index is 0.0215. The Kier molecular flexibility index (Phi) is 7.37. The van der Waals surface area contributed by atoms with Crippen molar-refractivity contribution < 1.29 is 38.4 Å². The van der Waals surface area contributed by atoms with Crippen molar-refractivity contribution in [2.24, 2.45) is 11.3 Å². The van der Waals surface area contributed by atoms with Crippen molar-refractivity contribution >= 4 is 24.0 Å². The Morgan fingerprint density at radius 1 is 0.902 bits per heavy atom. The molecule has 2 aromatic carbocycles. The summed E-state index contributed by atoms with van der Waals surface area (Å²) in [6.45, 7) is 8.68. The largest absolute Gasteiger partial charge is 0.458 e. The van der Waals surface area contributed by atoms with E-state index >= 15 is 0 Å². The van der Waals surface area contributed by atoms with Crippen molar-refractivity contribution in [2.45, 2.75) is 89.0 Å². The zero-order chi connectivity index (χ0) is 29.6. The fourth-order valence-electron chi connectivity index (χ4n) is 7.35. The van der Waals surface area contributed by atoms with Gasteiger partial charge in [0.15, 0.2) is 6.10 Å². The number of fused-ring (bicyclic) bond motifs is 1. The Hall–Kier alpha value is -3.49. The summed E-state index contributed by atoms with van der Waals surface area (Å²) in [5, 5.41) is 12.1. The average Bonchev–Trinajstić information content (AvgIpc) is 3.17. The molecule has 7 atom stereocenters. The highest BCUT2D eigenvalue weighted by atomic mass is 16.6. The Morgan fingerprint density at radius 2 is 1.54 bits per heavy atom. The molecule has 2 aromatic rings. The molecule has 1 spiro atoms. The molecule has 2 aliphatic carbocycles. The third-order valence-corrected chi connectivity index (χ3v) is 9.42. The number of carbonyl (C=O) groups excluding carboxylic acids is 3. The summed E-state index contributed by atoms with van der Waals surface area (Å²) in [7, 11) is 0. The lowest BCUT2D eigenvalue weighted by atomic mass is 9.48. The maximum absolute atomic E-state index is 13.5. The molecule has 2 bridgehead atoms. The van der Waals surface area contributed by atoms with Crippen LogP contribution in [0.5, 0.6) is 0 Å². The van der Waals surface area contributed by atoms with Crippen LogP contribution in [0.1, 0.15) is 69.8 Å². The summed E-state index contributed by atoms with van der Waals surface area (Å²) in [4.78, 5) is 39.0. The summed E-state index contributed by atoms with van der Waals surface area (Å²) in [6, 6.07) is 17.9. The van der Waals surface area contributed by atoms with E-state index in [1.807, 2.05) is 51.1 Å². The van der Waals surface area contributed by atoms with Crippen LogP contribution in [0.15, 0.2) is 66.7 Å². The van der Waals surface area contributed by atoms with Crippen LogP contribution < -0.4 is 0 Å². The van der Waals surface area contributed by atoms with Crippen LogP contribution in [0.25, 0.3) is 6.08 Å². The van der Waals surface area contributed by atoms with Crippen LogP contribution in [0.2, 0.25) is 0 Å². The van der Waals surface area contributed by atoms with E-state index < -0.39 is 58.4 Å². The molecule has 3 fully saturated rings. The van der Waals surface area contributed by atoms with Crippen molar-refractivity contribution in [2.75, 3.05) is 0 Å². The van der Waals surface area contributed by atoms with Crippen molar-refractivity contribution in [3.63, 3.8) is 0 Å². The third kappa shape index (κ3) is 4.97. The second-order valence-corrected chi connectivity index (χ2v) is 12.4. The summed E-state index contributed by atoms with van der Waals surface area (Å²) in [6.07, 6.45) is 0.983. The molecule has 41 heavy (non-hydrogen) atoms. The Labute approximate surface area is 240 Å². The van der Waals surface area contributed by atoms with Gasteiger partial charge in [0, 0.05) is 19.4 Å². The number of aliphatic hydroxyl groups is 1.